The van der Waals surface area contributed by atoms with Gasteiger partial charge in [-0.2, -0.15) is 4.98 Å². The molecule has 0 amide bonds. The highest BCUT2D eigenvalue weighted by atomic mass is 79.9. The highest BCUT2D eigenvalue weighted by Gasteiger charge is 2.44. The summed E-state index contributed by atoms with van der Waals surface area (Å²) in [6.07, 6.45) is 4.79. The molecule has 2 aromatic heterocycles. The van der Waals surface area contributed by atoms with E-state index in [2.05, 4.69) is 47.3 Å². The number of aryl methyl sites for hydroxylation is 1. The average Bonchev–Trinajstić information content (AvgIpc) is 3.43. The third-order valence-electron chi connectivity index (χ3n) is 7.51. The first kappa shape index (κ1) is 22.0. The lowest BCUT2D eigenvalue weighted by molar-refractivity contribution is -0.0222. The first-order valence-corrected chi connectivity index (χ1v) is 12.7. The summed E-state index contributed by atoms with van der Waals surface area (Å²) >= 11 is 3.62. The zero-order valence-corrected chi connectivity index (χ0v) is 20.7. The number of hydrogen-bond donors (Lipinski definition) is 1. The molecule has 1 saturated carbocycles. The van der Waals surface area contributed by atoms with Gasteiger partial charge in [-0.15, -0.1) is 0 Å². The van der Waals surface area contributed by atoms with Gasteiger partial charge in [0.15, 0.2) is 11.4 Å². The van der Waals surface area contributed by atoms with Gasteiger partial charge >= 0.3 is 0 Å². The fraction of sp³-hybridized carbons (Fsp3) is 0.542. The van der Waals surface area contributed by atoms with Gasteiger partial charge in [0.25, 0.3) is 5.92 Å². The van der Waals surface area contributed by atoms with E-state index in [1.165, 1.54) is 25.7 Å². The quantitative estimate of drug-likeness (QED) is 0.438. The van der Waals surface area contributed by atoms with Crippen LogP contribution in [0.3, 0.4) is 0 Å². The molecule has 2 aliphatic heterocycles. The Morgan fingerprint density at radius 3 is 2.35 bits per heavy atom. The molecule has 0 unspecified atom stereocenters. The molecule has 34 heavy (non-hydrogen) atoms. The lowest BCUT2D eigenvalue weighted by Gasteiger charge is -2.34. The Kier molecular flexibility index (Phi) is 5.20. The normalized spacial score (nSPS) is 21.3. The Labute approximate surface area is 205 Å². The number of fused-ring (bicyclic) bond motifs is 1. The maximum atomic E-state index is 13.6. The lowest BCUT2D eigenvalue weighted by Crippen LogP contribution is -2.40. The molecule has 1 N–H and O–H groups in total. The van der Waals surface area contributed by atoms with Crippen LogP contribution in [0.5, 0.6) is 0 Å². The maximum Gasteiger partial charge on any atom is 0.251 e. The number of alkyl halides is 2. The SMILES string of the molecule is Cc1cc(Nc2noc3cc(Br)cc(N4CCC5(CC4)CC5)c23)nc(N2CCC(F)(F)CC2)n1. The minimum absolute atomic E-state index is 0.184. The van der Waals surface area contributed by atoms with Crippen LogP contribution in [-0.4, -0.2) is 47.2 Å². The molecule has 7 nitrogen and oxygen atoms in total. The molecule has 0 atom stereocenters. The predicted octanol–water partition coefficient (Wildman–Crippen LogP) is 6.05. The summed E-state index contributed by atoms with van der Waals surface area (Å²) in [4.78, 5) is 13.4. The van der Waals surface area contributed by atoms with E-state index >= 15 is 0 Å². The van der Waals surface area contributed by atoms with Crippen molar-refractivity contribution in [1.29, 1.82) is 0 Å². The van der Waals surface area contributed by atoms with E-state index in [1.54, 1.807) is 0 Å². The summed E-state index contributed by atoms with van der Waals surface area (Å²) in [5, 5.41) is 8.55. The minimum Gasteiger partial charge on any atom is -0.371 e. The van der Waals surface area contributed by atoms with E-state index in [0.29, 0.717) is 28.6 Å². The minimum atomic E-state index is -2.61. The van der Waals surface area contributed by atoms with Crippen molar-refractivity contribution in [2.24, 2.45) is 5.41 Å². The molecule has 180 valence electrons. The topological polar surface area (TPSA) is 70.3 Å². The molecule has 4 heterocycles. The second-order valence-corrected chi connectivity index (χ2v) is 10.9. The third-order valence-corrected chi connectivity index (χ3v) is 7.96. The molecule has 0 bridgehead atoms. The highest BCUT2D eigenvalue weighted by molar-refractivity contribution is 9.10. The van der Waals surface area contributed by atoms with Gasteiger partial charge in [-0.3, -0.25) is 0 Å². The van der Waals surface area contributed by atoms with Gasteiger partial charge in [0, 0.05) is 55.3 Å². The van der Waals surface area contributed by atoms with Gasteiger partial charge in [0.05, 0.1) is 11.1 Å². The van der Waals surface area contributed by atoms with Crippen LogP contribution in [0.4, 0.5) is 32.1 Å². The van der Waals surface area contributed by atoms with Crippen molar-refractivity contribution < 1.29 is 13.3 Å². The van der Waals surface area contributed by atoms with Gasteiger partial charge in [0.2, 0.25) is 5.95 Å². The molecule has 10 heteroatoms. The van der Waals surface area contributed by atoms with Gasteiger partial charge in [0.1, 0.15) is 5.82 Å². The van der Waals surface area contributed by atoms with Gasteiger partial charge in [-0.25, -0.2) is 13.8 Å². The van der Waals surface area contributed by atoms with Crippen molar-refractivity contribution >= 4 is 50.2 Å². The summed E-state index contributed by atoms with van der Waals surface area (Å²) in [5.74, 6) is -0.989. The number of nitrogens with zero attached hydrogens (tertiary/aromatic N) is 5. The van der Waals surface area contributed by atoms with Gasteiger partial charge < -0.3 is 19.6 Å². The molecule has 3 fully saturated rings. The van der Waals surface area contributed by atoms with Crippen LogP contribution < -0.4 is 15.1 Å². The molecule has 3 aliphatic rings. The zero-order valence-electron chi connectivity index (χ0n) is 19.1. The van der Waals surface area contributed by atoms with Crippen molar-refractivity contribution in [2.45, 2.75) is 51.4 Å². The van der Waals surface area contributed by atoms with Crippen LogP contribution in [0.2, 0.25) is 0 Å². The zero-order chi connectivity index (χ0) is 23.5. The van der Waals surface area contributed by atoms with E-state index < -0.39 is 5.92 Å². The highest BCUT2D eigenvalue weighted by Crippen LogP contribution is 2.54. The number of anilines is 4. The van der Waals surface area contributed by atoms with Gasteiger partial charge in [-0.05, 0) is 50.2 Å². The van der Waals surface area contributed by atoms with E-state index in [9.17, 15) is 8.78 Å². The Morgan fingerprint density at radius 2 is 1.65 bits per heavy atom. The van der Waals surface area contributed by atoms with Crippen LogP contribution >= 0.6 is 15.9 Å². The van der Waals surface area contributed by atoms with Crippen molar-refractivity contribution in [3.05, 3.63) is 28.4 Å². The number of halogens is 3. The number of hydrogen-bond acceptors (Lipinski definition) is 7. The molecule has 1 spiro atoms. The molecule has 2 saturated heterocycles. The second kappa shape index (κ2) is 8.03. The summed E-state index contributed by atoms with van der Waals surface area (Å²) in [5.41, 5.74) is 3.13. The Hall–Kier alpha value is -2.49. The second-order valence-electron chi connectivity index (χ2n) is 9.98. The Bertz CT molecular complexity index is 1220. The van der Waals surface area contributed by atoms with Crippen LogP contribution in [-0.2, 0) is 0 Å². The number of benzene rings is 1. The predicted molar refractivity (Wildman–Crippen MR) is 131 cm³/mol. The summed E-state index contributed by atoms with van der Waals surface area (Å²) in [6.45, 7) is 4.38. The van der Waals surface area contributed by atoms with E-state index in [4.69, 9.17) is 4.52 Å². The van der Waals surface area contributed by atoms with Crippen LogP contribution in [0.25, 0.3) is 11.0 Å². The first-order chi connectivity index (χ1) is 16.3. The monoisotopic (exact) mass is 532 g/mol. The van der Waals surface area contributed by atoms with E-state index in [1.807, 2.05) is 24.0 Å². The Balaban J connectivity index is 1.30. The van der Waals surface area contributed by atoms with Gasteiger partial charge in [-0.1, -0.05) is 21.1 Å². The molecule has 6 rings (SSSR count). The summed E-state index contributed by atoms with van der Waals surface area (Å²) < 4.78 is 33.9. The summed E-state index contributed by atoms with van der Waals surface area (Å²) in [6, 6.07) is 5.88. The lowest BCUT2D eigenvalue weighted by atomic mass is 9.93. The third kappa shape index (κ3) is 4.21. The number of rotatable bonds is 4. The van der Waals surface area contributed by atoms with Crippen LogP contribution in [0.1, 0.15) is 44.2 Å². The molecular formula is C24H27BrF2N6O. The fourth-order valence-electron chi connectivity index (χ4n) is 5.17. The number of nitrogens with one attached hydrogen (secondary N) is 1. The summed E-state index contributed by atoms with van der Waals surface area (Å²) in [7, 11) is 0. The molecule has 1 aromatic carbocycles. The smallest absolute Gasteiger partial charge is 0.251 e. The van der Waals surface area contributed by atoms with Crippen LogP contribution in [0, 0.1) is 12.3 Å². The number of aromatic nitrogens is 3. The molecule has 0 radical (unpaired) electrons. The average molecular weight is 533 g/mol. The molecule has 3 aromatic rings. The standard InChI is InChI=1S/C24H27BrF2N6O/c1-15-12-19(30-22(28-15)33-10-6-24(26,27)7-11-33)29-21-20-17(13-16(25)14-18(20)34-31-21)32-8-4-23(2-3-23)5-9-32/h12-14H,2-11H2,1H3,(H,28,29,30,31). The van der Waals surface area contributed by atoms with Crippen molar-refractivity contribution in [2.75, 3.05) is 41.3 Å². The first-order valence-electron chi connectivity index (χ1n) is 11.9. The van der Waals surface area contributed by atoms with Crippen molar-refractivity contribution in [3.63, 3.8) is 0 Å². The molecular weight excluding hydrogens is 506 g/mol. The molecule has 1 aliphatic carbocycles. The van der Waals surface area contributed by atoms with Crippen molar-refractivity contribution in [3.8, 4) is 0 Å². The number of piperidine rings is 2. The van der Waals surface area contributed by atoms with Crippen molar-refractivity contribution in [1.82, 2.24) is 15.1 Å². The maximum absolute atomic E-state index is 13.6. The largest absolute Gasteiger partial charge is 0.371 e. The van der Waals surface area contributed by atoms with Crippen LogP contribution in [0.15, 0.2) is 27.2 Å². The fourth-order valence-corrected chi connectivity index (χ4v) is 5.59. The van der Waals surface area contributed by atoms with E-state index in [0.717, 1.165) is 34.3 Å². The Morgan fingerprint density at radius 1 is 0.941 bits per heavy atom. The van der Waals surface area contributed by atoms with E-state index in [-0.39, 0.29) is 25.9 Å².